The molecule has 172 valence electrons. The lowest BCUT2D eigenvalue weighted by molar-refractivity contribution is -0.137. The molecule has 0 aliphatic carbocycles. The van der Waals surface area contributed by atoms with Crippen molar-refractivity contribution in [3.05, 3.63) is 82.3 Å². The van der Waals surface area contributed by atoms with Gasteiger partial charge >= 0.3 is 12.0 Å². The number of aromatic nitrogens is 1. The number of rotatable bonds is 7. The molecule has 2 amide bonds. The summed E-state index contributed by atoms with van der Waals surface area (Å²) < 4.78 is 33.5. The number of carboxylic acids is 1. The predicted molar refractivity (Wildman–Crippen MR) is 113 cm³/mol. The Balaban J connectivity index is 1.82. The maximum absolute atomic E-state index is 13.9. The number of urea groups is 1. The van der Waals surface area contributed by atoms with Crippen LogP contribution in [0, 0.1) is 11.6 Å². The minimum absolute atomic E-state index is 0.116. The second-order valence-corrected chi connectivity index (χ2v) is 6.99. The van der Waals surface area contributed by atoms with Crippen molar-refractivity contribution in [3.8, 4) is 17.2 Å². The number of nitrogens with one attached hydrogen (secondary N) is 2. The smallest absolute Gasteiger partial charge is 0.319 e. The van der Waals surface area contributed by atoms with Crippen molar-refractivity contribution in [1.82, 2.24) is 9.88 Å². The molecule has 0 fully saturated rings. The third kappa shape index (κ3) is 5.85. The number of aryl methyl sites for hydroxylation is 1. The molecule has 33 heavy (non-hydrogen) atoms. The van der Waals surface area contributed by atoms with E-state index in [4.69, 9.17) is 4.74 Å². The van der Waals surface area contributed by atoms with E-state index in [2.05, 4.69) is 10.6 Å². The van der Waals surface area contributed by atoms with Gasteiger partial charge in [0, 0.05) is 19.3 Å². The van der Waals surface area contributed by atoms with Gasteiger partial charge in [0.25, 0.3) is 5.56 Å². The van der Waals surface area contributed by atoms with E-state index < -0.39 is 47.4 Å². The van der Waals surface area contributed by atoms with Gasteiger partial charge in [0.15, 0.2) is 17.3 Å². The van der Waals surface area contributed by atoms with Gasteiger partial charge in [-0.2, -0.15) is 0 Å². The van der Waals surface area contributed by atoms with Crippen LogP contribution in [0.4, 0.5) is 19.3 Å². The summed E-state index contributed by atoms with van der Waals surface area (Å²) in [5.41, 5.74) is -0.746. The summed E-state index contributed by atoms with van der Waals surface area (Å²) in [6.45, 7) is 0. The first kappa shape index (κ1) is 23.3. The van der Waals surface area contributed by atoms with E-state index in [-0.39, 0.29) is 17.2 Å². The summed E-state index contributed by atoms with van der Waals surface area (Å²) >= 11 is 0. The molecular weight excluding hydrogens is 440 g/mol. The Kier molecular flexibility index (Phi) is 6.91. The summed E-state index contributed by atoms with van der Waals surface area (Å²) in [5.74, 6) is -3.52. The molecule has 0 saturated heterocycles. The minimum atomic E-state index is -1.23. The number of carbonyl (C=O) groups excluding carboxylic acids is 1. The summed E-state index contributed by atoms with van der Waals surface area (Å²) in [6.07, 6.45) is 0.782. The number of nitrogens with zero attached hydrogens (tertiary/aromatic N) is 1. The van der Waals surface area contributed by atoms with Crippen molar-refractivity contribution in [2.24, 2.45) is 7.05 Å². The molecule has 11 heteroatoms. The molecule has 1 aromatic heterocycles. The van der Waals surface area contributed by atoms with Gasteiger partial charge in [-0.1, -0.05) is 12.1 Å². The molecule has 3 rings (SSSR count). The third-order valence-corrected chi connectivity index (χ3v) is 4.55. The molecule has 2 aromatic carbocycles. The highest BCUT2D eigenvalue weighted by Crippen LogP contribution is 2.28. The zero-order valence-electron chi connectivity index (χ0n) is 17.2. The van der Waals surface area contributed by atoms with Crippen molar-refractivity contribution in [1.29, 1.82) is 0 Å². The number of halogens is 2. The Morgan fingerprint density at radius 2 is 1.91 bits per heavy atom. The summed E-state index contributed by atoms with van der Waals surface area (Å²) in [6, 6.07) is 7.85. The van der Waals surface area contributed by atoms with Gasteiger partial charge < -0.3 is 30.2 Å². The number of hydrogen-bond acceptors (Lipinski definition) is 5. The highest BCUT2D eigenvalue weighted by Gasteiger charge is 2.21. The van der Waals surface area contributed by atoms with Crippen LogP contribution >= 0.6 is 0 Å². The highest BCUT2D eigenvalue weighted by molar-refractivity contribution is 5.91. The van der Waals surface area contributed by atoms with Gasteiger partial charge in [-0.05, 0) is 35.9 Å². The minimum Gasteiger partial charge on any atom is -0.505 e. The second kappa shape index (κ2) is 9.81. The van der Waals surface area contributed by atoms with Gasteiger partial charge in [-0.15, -0.1) is 0 Å². The average Bonchev–Trinajstić information content (AvgIpc) is 2.75. The molecule has 0 aliphatic rings. The van der Waals surface area contributed by atoms with Crippen LogP contribution in [0.1, 0.15) is 18.0 Å². The van der Waals surface area contributed by atoms with E-state index in [1.54, 1.807) is 0 Å². The fourth-order valence-corrected chi connectivity index (χ4v) is 2.95. The number of aliphatic carboxylic acids is 1. The summed E-state index contributed by atoms with van der Waals surface area (Å²) in [5, 5.41) is 23.8. The Hall–Kier alpha value is -4.41. The molecule has 0 unspecified atom stereocenters. The molecule has 3 aromatic rings. The summed E-state index contributed by atoms with van der Waals surface area (Å²) in [7, 11) is 1.42. The van der Waals surface area contributed by atoms with Crippen LogP contribution in [0.25, 0.3) is 0 Å². The first-order chi connectivity index (χ1) is 15.6. The number of ether oxygens (including phenoxy) is 1. The van der Waals surface area contributed by atoms with E-state index in [1.165, 1.54) is 43.6 Å². The Morgan fingerprint density at radius 1 is 1.15 bits per heavy atom. The SMILES string of the molecule is Cn1ccc(O)c(NC(=O)N[C@@H](CC(=O)O)c2cccc(Oc3ccc(F)cc3F)c2)c1=O. The zero-order chi connectivity index (χ0) is 24.1. The molecule has 0 spiro atoms. The van der Waals surface area contributed by atoms with Crippen molar-refractivity contribution in [3.63, 3.8) is 0 Å². The normalized spacial score (nSPS) is 11.5. The van der Waals surface area contributed by atoms with Crippen molar-refractivity contribution >= 4 is 17.7 Å². The van der Waals surface area contributed by atoms with Crippen molar-refractivity contribution in [2.75, 3.05) is 5.32 Å². The molecule has 1 atom stereocenters. The van der Waals surface area contributed by atoms with Crippen LogP contribution in [0.15, 0.2) is 59.5 Å². The van der Waals surface area contributed by atoms with Crippen LogP contribution in [0.5, 0.6) is 17.2 Å². The quantitative estimate of drug-likeness (QED) is 0.428. The fourth-order valence-electron chi connectivity index (χ4n) is 2.95. The molecule has 0 saturated carbocycles. The molecule has 4 N–H and O–H groups in total. The van der Waals surface area contributed by atoms with Crippen LogP contribution < -0.4 is 20.9 Å². The van der Waals surface area contributed by atoms with E-state index in [0.29, 0.717) is 11.6 Å². The van der Waals surface area contributed by atoms with Gasteiger partial charge in [-0.25, -0.2) is 13.6 Å². The Morgan fingerprint density at radius 3 is 2.61 bits per heavy atom. The molecule has 0 radical (unpaired) electrons. The Bertz CT molecular complexity index is 1260. The number of pyridine rings is 1. The number of amides is 2. The lowest BCUT2D eigenvalue weighted by atomic mass is 10.0. The zero-order valence-corrected chi connectivity index (χ0v) is 17.2. The molecule has 1 heterocycles. The summed E-state index contributed by atoms with van der Waals surface area (Å²) in [4.78, 5) is 35.9. The first-order valence-electron chi connectivity index (χ1n) is 9.55. The largest absolute Gasteiger partial charge is 0.505 e. The van der Waals surface area contributed by atoms with E-state index >= 15 is 0 Å². The number of anilines is 1. The van der Waals surface area contributed by atoms with Crippen LogP contribution in [0.2, 0.25) is 0 Å². The average molecular weight is 459 g/mol. The topological polar surface area (TPSA) is 130 Å². The number of benzene rings is 2. The second-order valence-electron chi connectivity index (χ2n) is 6.99. The molecule has 0 aliphatic heterocycles. The molecule has 9 nitrogen and oxygen atoms in total. The van der Waals surface area contributed by atoms with E-state index in [0.717, 1.165) is 16.7 Å². The predicted octanol–water partition coefficient (Wildman–Crippen LogP) is 3.50. The number of hydrogen-bond donors (Lipinski definition) is 4. The number of carbonyl (C=O) groups is 2. The third-order valence-electron chi connectivity index (χ3n) is 4.55. The molecule has 0 bridgehead atoms. The van der Waals surface area contributed by atoms with E-state index in [1.807, 2.05) is 0 Å². The lowest BCUT2D eigenvalue weighted by Crippen LogP contribution is -2.35. The molecular formula is C22H19F2N3O6. The van der Waals surface area contributed by atoms with Gasteiger partial charge in [-0.3, -0.25) is 9.59 Å². The number of carboxylic acid groups (broad SMARTS) is 1. The maximum Gasteiger partial charge on any atom is 0.319 e. The van der Waals surface area contributed by atoms with Crippen LogP contribution in [0.3, 0.4) is 0 Å². The Labute approximate surface area is 185 Å². The van der Waals surface area contributed by atoms with Gasteiger partial charge in [0.1, 0.15) is 17.3 Å². The highest BCUT2D eigenvalue weighted by atomic mass is 19.1. The number of aromatic hydroxyl groups is 1. The fraction of sp³-hybridized carbons (Fsp3) is 0.136. The maximum atomic E-state index is 13.9. The van der Waals surface area contributed by atoms with Crippen LogP contribution in [-0.4, -0.2) is 26.8 Å². The lowest BCUT2D eigenvalue weighted by Gasteiger charge is -2.19. The van der Waals surface area contributed by atoms with Crippen molar-refractivity contribution in [2.45, 2.75) is 12.5 Å². The van der Waals surface area contributed by atoms with E-state index in [9.17, 15) is 33.4 Å². The van der Waals surface area contributed by atoms with Gasteiger partial charge in [0.05, 0.1) is 12.5 Å². The monoisotopic (exact) mass is 459 g/mol. The first-order valence-corrected chi connectivity index (χ1v) is 9.55. The standard InChI is InChI=1S/C22H19F2N3O6/c1-27-8-7-17(28)20(21(27)31)26-22(32)25-16(11-19(29)30)12-3-2-4-14(9-12)33-18-6-5-13(23)10-15(18)24/h2-10,16,28H,11H2,1H3,(H,29,30)(H2,25,26,32)/t16-/m0/s1. The van der Waals surface area contributed by atoms with Gasteiger partial charge in [0.2, 0.25) is 0 Å². The van der Waals surface area contributed by atoms with Crippen LogP contribution in [-0.2, 0) is 11.8 Å². The van der Waals surface area contributed by atoms with Crippen molar-refractivity contribution < 1.29 is 33.3 Å².